The topological polar surface area (TPSA) is 0 Å². The molecule has 0 amide bonds. The van der Waals surface area contributed by atoms with E-state index in [4.69, 9.17) is 0 Å². The van der Waals surface area contributed by atoms with Crippen molar-refractivity contribution in [2.75, 3.05) is 52.4 Å². The minimum absolute atomic E-state index is 1.35. The van der Waals surface area contributed by atoms with Crippen molar-refractivity contribution in [1.82, 2.24) is 0 Å². The fourth-order valence-electron chi connectivity index (χ4n) is 8.23. The molecule has 0 aliphatic carbocycles. The standard InChI is InChI=1S/C32H68N.C16H36N/c1-5-9-13-17-21-25-29-33(30-26-22-18-14-10-6-2,31-27-23-19-15-11-7-3)32-28-24-20-16-12-8-4;1-5-9-13-17(14-10-6-2,15-11-7-3)16-12-8-4/h5-32H2,1-4H3;5-16H2,1-4H3/q2*+1. The fourth-order valence-corrected chi connectivity index (χ4v) is 8.23. The number of quaternary nitrogens is 2. The number of rotatable bonds is 40. The highest BCUT2D eigenvalue weighted by Gasteiger charge is 2.26. The van der Waals surface area contributed by atoms with E-state index in [9.17, 15) is 0 Å². The summed E-state index contributed by atoms with van der Waals surface area (Å²) < 4.78 is 2.90. The molecule has 2 heteroatoms. The number of hydrogen-bond donors (Lipinski definition) is 0. The van der Waals surface area contributed by atoms with Crippen LogP contribution in [0.15, 0.2) is 0 Å². The first-order valence-corrected chi connectivity index (χ1v) is 24.2. The number of nitrogens with zero attached hydrogens (tertiary/aromatic N) is 2. The highest BCUT2D eigenvalue weighted by Crippen LogP contribution is 2.21. The van der Waals surface area contributed by atoms with Gasteiger partial charge >= 0.3 is 0 Å². The molecule has 0 aliphatic rings. The van der Waals surface area contributed by atoms with Gasteiger partial charge in [0.1, 0.15) is 0 Å². The molecule has 0 radical (unpaired) electrons. The van der Waals surface area contributed by atoms with Gasteiger partial charge in [0.15, 0.2) is 0 Å². The average Bonchev–Trinajstić information content (AvgIpc) is 3.13. The molecule has 0 bridgehead atoms. The smallest absolute Gasteiger partial charge is 0.0786 e. The van der Waals surface area contributed by atoms with Crippen LogP contribution in [0.25, 0.3) is 0 Å². The summed E-state index contributed by atoms with van der Waals surface area (Å²) in [5.41, 5.74) is 0. The Hall–Kier alpha value is -0.0800. The first-order valence-electron chi connectivity index (χ1n) is 24.2. The molecule has 0 spiro atoms. The molecular formula is C48H104N2+2. The van der Waals surface area contributed by atoms with E-state index in [2.05, 4.69) is 55.4 Å². The Bertz CT molecular complexity index is 494. The summed E-state index contributed by atoms with van der Waals surface area (Å²) >= 11 is 0. The lowest BCUT2D eigenvalue weighted by Crippen LogP contribution is -2.50. The molecule has 304 valence electrons. The van der Waals surface area contributed by atoms with E-state index >= 15 is 0 Å². The lowest BCUT2D eigenvalue weighted by molar-refractivity contribution is -0.929. The summed E-state index contributed by atoms with van der Waals surface area (Å²) in [5, 5.41) is 0. The van der Waals surface area contributed by atoms with Crippen LogP contribution in [-0.4, -0.2) is 61.3 Å². The lowest BCUT2D eigenvalue weighted by Gasteiger charge is -2.40. The highest BCUT2D eigenvalue weighted by atomic mass is 15.4. The predicted molar refractivity (Wildman–Crippen MR) is 233 cm³/mol. The molecule has 0 heterocycles. The van der Waals surface area contributed by atoms with Gasteiger partial charge in [-0.15, -0.1) is 0 Å². The van der Waals surface area contributed by atoms with Crippen LogP contribution >= 0.6 is 0 Å². The molecule has 0 fully saturated rings. The van der Waals surface area contributed by atoms with E-state index < -0.39 is 0 Å². The molecule has 0 saturated carbocycles. The van der Waals surface area contributed by atoms with Gasteiger partial charge in [-0.05, 0) is 77.0 Å². The second kappa shape index (κ2) is 41.7. The second-order valence-corrected chi connectivity index (χ2v) is 17.0. The highest BCUT2D eigenvalue weighted by molar-refractivity contribution is 4.55. The first kappa shape index (κ1) is 52.0. The van der Waals surface area contributed by atoms with Crippen molar-refractivity contribution in [3.05, 3.63) is 0 Å². The summed E-state index contributed by atoms with van der Waals surface area (Å²) in [6, 6.07) is 0. The van der Waals surface area contributed by atoms with Crippen LogP contribution in [0.4, 0.5) is 0 Å². The van der Waals surface area contributed by atoms with Crippen LogP contribution in [0.5, 0.6) is 0 Å². The summed E-state index contributed by atoms with van der Waals surface area (Å²) in [6.07, 6.45) is 45.8. The molecule has 0 aromatic heterocycles. The second-order valence-electron chi connectivity index (χ2n) is 17.0. The summed E-state index contributed by atoms with van der Waals surface area (Å²) in [6.45, 7) is 30.3. The largest absolute Gasteiger partial charge is 0.324 e. The van der Waals surface area contributed by atoms with Gasteiger partial charge in [0.2, 0.25) is 0 Å². The van der Waals surface area contributed by atoms with Gasteiger partial charge < -0.3 is 8.97 Å². The quantitative estimate of drug-likeness (QED) is 0.0439. The van der Waals surface area contributed by atoms with Crippen LogP contribution < -0.4 is 0 Å². The zero-order valence-corrected chi connectivity index (χ0v) is 37.2. The summed E-state index contributed by atoms with van der Waals surface area (Å²) in [7, 11) is 0. The fraction of sp³-hybridized carbons (Fsp3) is 1.00. The van der Waals surface area contributed by atoms with Gasteiger partial charge in [-0.2, -0.15) is 0 Å². The van der Waals surface area contributed by atoms with Crippen molar-refractivity contribution < 1.29 is 8.97 Å². The van der Waals surface area contributed by atoms with E-state index in [-0.39, 0.29) is 0 Å². The van der Waals surface area contributed by atoms with Crippen LogP contribution in [-0.2, 0) is 0 Å². The third kappa shape index (κ3) is 33.7. The van der Waals surface area contributed by atoms with Crippen LogP contribution in [0.1, 0.15) is 261 Å². The maximum atomic E-state index is 2.34. The van der Waals surface area contributed by atoms with Crippen molar-refractivity contribution in [3.63, 3.8) is 0 Å². The minimum Gasteiger partial charge on any atom is -0.324 e. The predicted octanol–water partition coefficient (Wildman–Crippen LogP) is 16.2. The molecule has 50 heavy (non-hydrogen) atoms. The van der Waals surface area contributed by atoms with Crippen molar-refractivity contribution in [2.24, 2.45) is 0 Å². The van der Waals surface area contributed by atoms with E-state index in [1.807, 2.05) is 0 Å². The average molecular weight is 709 g/mol. The van der Waals surface area contributed by atoms with E-state index in [0.29, 0.717) is 0 Å². The molecule has 2 nitrogen and oxygen atoms in total. The van der Waals surface area contributed by atoms with Crippen molar-refractivity contribution in [2.45, 2.75) is 261 Å². The summed E-state index contributed by atoms with van der Waals surface area (Å²) in [5.74, 6) is 0. The number of hydrogen-bond acceptors (Lipinski definition) is 0. The Labute approximate surface area is 321 Å². The van der Waals surface area contributed by atoms with Crippen molar-refractivity contribution >= 4 is 0 Å². The minimum atomic E-state index is 1.35. The van der Waals surface area contributed by atoms with E-state index in [1.165, 1.54) is 267 Å². The lowest BCUT2D eigenvalue weighted by atomic mass is 10.0. The van der Waals surface area contributed by atoms with Gasteiger partial charge in [0.25, 0.3) is 0 Å². The Kier molecular flexibility index (Phi) is 43.4. The molecule has 0 N–H and O–H groups in total. The molecular weight excluding hydrogens is 605 g/mol. The molecule has 0 saturated heterocycles. The molecule has 0 aromatic rings. The molecule has 0 atom stereocenters. The Morgan fingerprint density at radius 3 is 0.480 bits per heavy atom. The van der Waals surface area contributed by atoms with Gasteiger partial charge in [0.05, 0.1) is 52.4 Å². The van der Waals surface area contributed by atoms with Crippen LogP contribution in [0.3, 0.4) is 0 Å². The molecule has 0 aliphatic heterocycles. The zero-order chi connectivity index (χ0) is 37.3. The van der Waals surface area contributed by atoms with Crippen LogP contribution in [0, 0.1) is 0 Å². The van der Waals surface area contributed by atoms with Crippen molar-refractivity contribution in [1.29, 1.82) is 0 Å². The van der Waals surface area contributed by atoms with Gasteiger partial charge in [-0.25, -0.2) is 0 Å². The van der Waals surface area contributed by atoms with Gasteiger partial charge in [-0.1, -0.05) is 184 Å². The first-order chi connectivity index (χ1) is 24.5. The van der Waals surface area contributed by atoms with E-state index in [0.717, 1.165) is 0 Å². The van der Waals surface area contributed by atoms with Gasteiger partial charge in [0, 0.05) is 0 Å². The number of unbranched alkanes of at least 4 members (excludes halogenated alkanes) is 24. The maximum absolute atomic E-state index is 2.34. The monoisotopic (exact) mass is 709 g/mol. The zero-order valence-electron chi connectivity index (χ0n) is 37.2. The maximum Gasteiger partial charge on any atom is 0.0786 e. The Balaban J connectivity index is 0. The van der Waals surface area contributed by atoms with Crippen LogP contribution in [0.2, 0.25) is 0 Å². The SMILES string of the molecule is CCCCCCCC[N+](CCCCCCCC)(CCCCCCCC)CCCCCCCC.CCCC[N+](CCCC)(CCCC)CCCC. The van der Waals surface area contributed by atoms with Gasteiger partial charge in [-0.3, -0.25) is 0 Å². The third-order valence-electron chi connectivity index (χ3n) is 11.9. The molecule has 0 unspecified atom stereocenters. The Morgan fingerprint density at radius 1 is 0.160 bits per heavy atom. The molecule has 0 rings (SSSR count). The normalized spacial score (nSPS) is 12.0. The Morgan fingerprint density at radius 2 is 0.300 bits per heavy atom. The molecule has 0 aromatic carbocycles. The summed E-state index contributed by atoms with van der Waals surface area (Å²) in [4.78, 5) is 0. The van der Waals surface area contributed by atoms with E-state index in [1.54, 1.807) is 0 Å². The van der Waals surface area contributed by atoms with Crippen molar-refractivity contribution in [3.8, 4) is 0 Å². The third-order valence-corrected chi connectivity index (χ3v) is 11.9.